The van der Waals surface area contributed by atoms with E-state index in [-0.39, 0.29) is 16.4 Å². The highest BCUT2D eigenvalue weighted by Gasteiger charge is 2.45. The number of likely N-dealkylation sites (tertiary alicyclic amines) is 1. The summed E-state index contributed by atoms with van der Waals surface area (Å²) in [4.78, 5) is 7.70. The molecule has 0 aromatic carbocycles. The van der Waals surface area contributed by atoms with Crippen LogP contribution < -0.4 is 0 Å². The number of hydrogen-bond donors (Lipinski definition) is 0. The van der Waals surface area contributed by atoms with E-state index < -0.39 is 0 Å². The van der Waals surface area contributed by atoms with Crippen LogP contribution >= 0.6 is 0 Å². The van der Waals surface area contributed by atoms with E-state index in [0.29, 0.717) is 29.2 Å². The molecule has 206 valence electrons. The molecule has 0 radical (unpaired) electrons. The first-order chi connectivity index (χ1) is 16.3. The molecule has 0 spiro atoms. The summed E-state index contributed by atoms with van der Waals surface area (Å²) in [6.45, 7) is 34.8. The van der Waals surface area contributed by atoms with Crippen LogP contribution in [0.2, 0.25) is 0 Å². The fraction of sp³-hybridized carbons (Fsp3) is 0.848. The summed E-state index contributed by atoms with van der Waals surface area (Å²) in [6.07, 6.45) is 9.93. The molecule has 3 heteroatoms. The number of rotatable bonds is 8. The quantitative estimate of drug-likeness (QED) is 0.335. The van der Waals surface area contributed by atoms with Gasteiger partial charge in [0.15, 0.2) is 0 Å². The molecule has 36 heavy (non-hydrogen) atoms. The predicted molar refractivity (Wildman–Crippen MR) is 157 cm³/mol. The summed E-state index contributed by atoms with van der Waals surface area (Å²) >= 11 is 0. The summed E-state index contributed by atoms with van der Waals surface area (Å²) in [5, 5.41) is 0. The van der Waals surface area contributed by atoms with Crippen molar-refractivity contribution in [1.29, 1.82) is 0 Å². The van der Waals surface area contributed by atoms with Gasteiger partial charge in [0.05, 0.1) is 0 Å². The highest BCUT2D eigenvalue weighted by molar-refractivity contribution is 5.27. The molecule has 2 heterocycles. The molecule has 3 nitrogen and oxygen atoms in total. The van der Waals surface area contributed by atoms with Crippen molar-refractivity contribution in [2.24, 2.45) is 28.6 Å². The minimum Gasteiger partial charge on any atom is -0.326 e. The summed E-state index contributed by atoms with van der Waals surface area (Å²) in [7, 11) is 0. The number of aromatic nitrogens is 2. The Kier molecular flexibility index (Phi) is 8.10. The second kappa shape index (κ2) is 9.90. The molecule has 0 bridgehead atoms. The molecular weight excluding hydrogens is 438 g/mol. The molecule has 2 aliphatic rings. The Morgan fingerprint density at radius 1 is 0.944 bits per heavy atom. The fourth-order valence-corrected chi connectivity index (χ4v) is 7.42. The summed E-state index contributed by atoms with van der Waals surface area (Å²) in [6, 6.07) is 1.39. The smallest absolute Gasteiger partial charge is 0.114 e. The number of allylic oxidation sites excluding steroid dienone is 2. The van der Waals surface area contributed by atoms with E-state index in [9.17, 15) is 0 Å². The van der Waals surface area contributed by atoms with Gasteiger partial charge in [-0.05, 0) is 88.9 Å². The van der Waals surface area contributed by atoms with Crippen molar-refractivity contribution in [2.75, 3.05) is 6.54 Å². The molecule has 1 saturated heterocycles. The molecule has 1 fully saturated rings. The van der Waals surface area contributed by atoms with Crippen molar-refractivity contribution in [3.05, 3.63) is 29.4 Å². The first-order valence-corrected chi connectivity index (χ1v) is 14.8. The topological polar surface area (TPSA) is 21.1 Å². The SMILES string of the molecule is CC(C)C1CC(CC(C)(C)C2CCN2C(C)C)C=C1C(C)(C)Cc1cnc(C(C)(C)C)n1C(C)(C)C. The molecular formula is C33H59N3. The minimum absolute atomic E-state index is 0.0175. The second-order valence-corrected chi connectivity index (χ2v) is 16.2. The van der Waals surface area contributed by atoms with Crippen LogP contribution in [0.4, 0.5) is 0 Å². The van der Waals surface area contributed by atoms with E-state index in [1.807, 2.05) is 0 Å². The zero-order chi connectivity index (χ0) is 27.4. The molecule has 1 aliphatic heterocycles. The van der Waals surface area contributed by atoms with Gasteiger partial charge in [-0.1, -0.05) is 74.0 Å². The zero-order valence-electron chi connectivity index (χ0n) is 26.4. The van der Waals surface area contributed by atoms with Crippen LogP contribution in [0.25, 0.3) is 0 Å². The lowest BCUT2D eigenvalue weighted by Gasteiger charge is -2.52. The number of nitrogens with zero attached hydrogens (tertiary/aromatic N) is 3. The molecule has 1 aliphatic carbocycles. The lowest BCUT2D eigenvalue weighted by atomic mass is 9.70. The van der Waals surface area contributed by atoms with Crippen LogP contribution in [0.15, 0.2) is 17.8 Å². The standard InChI is InChI=1S/C33H59N3/c1-22(2)26-17-24(19-33(13,14)28-15-16-35(28)23(3)4)18-27(26)32(11,12)20-25-21-34-29(30(5,6)7)36(25)31(8,9)10/h18,21-24,26,28H,15-17,19-20H2,1-14H3. The Morgan fingerprint density at radius 2 is 1.56 bits per heavy atom. The van der Waals surface area contributed by atoms with Crippen LogP contribution in [-0.2, 0) is 17.4 Å². The summed E-state index contributed by atoms with van der Waals surface area (Å²) in [5.41, 5.74) is 3.61. The summed E-state index contributed by atoms with van der Waals surface area (Å²) < 4.78 is 2.53. The van der Waals surface area contributed by atoms with Gasteiger partial charge in [0.25, 0.3) is 0 Å². The maximum Gasteiger partial charge on any atom is 0.114 e. The Hall–Kier alpha value is -1.09. The van der Waals surface area contributed by atoms with Crippen molar-refractivity contribution in [2.45, 2.75) is 146 Å². The third kappa shape index (κ3) is 5.97. The molecule has 1 aromatic heterocycles. The van der Waals surface area contributed by atoms with Gasteiger partial charge in [-0.25, -0.2) is 4.98 Å². The van der Waals surface area contributed by atoms with Gasteiger partial charge in [-0.15, -0.1) is 0 Å². The third-order valence-corrected chi connectivity index (χ3v) is 9.17. The van der Waals surface area contributed by atoms with Gasteiger partial charge < -0.3 is 4.57 Å². The Morgan fingerprint density at radius 3 is 2.00 bits per heavy atom. The number of hydrogen-bond acceptors (Lipinski definition) is 2. The van der Waals surface area contributed by atoms with Crippen molar-refractivity contribution >= 4 is 0 Å². The lowest BCUT2D eigenvalue weighted by molar-refractivity contribution is -0.0292. The first-order valence-electron chi connectivity index (χ1n) is 14.8. The monoisotopic (exact) mass is 497 g/mol. The van der Waals surface area contributed by atoms with Gasteiger partial charge in [0, 0.05) is 41.5 Å². The molecule has 3 atom stereocenters. The predicted octanol–water partition coefficient (Wildman–Crippen LogP) is 8.62. The van der Waals surface area contributed by atoms with E-state index in [0.717, 1.165) is 12.5 Å². The van der Waals surface area contributed by atoms with Gasteiger partial charge >= 0.3 is 0 Å². The van der Waals surface area contributed by atoms with Crippen molar-refractivity contribution < 1.29 is 0 Å². The minimum atomic E-state index is 0.0175. The van der Waals surface area contributed by atoms with Crippen LogP contribution in [0, 0.1) is 28.6 Å². The Bertz CT molecular complexity index is 929. The largest absolute Gasteiger partial charge is 0.326 e. The number of imidazole rings is 1. The summed E-state index contributed by atoms with van der Waals surface area (Å²) in [5.74, 6) is 3.25. The van der Waals surface area contributed by atoms with Crippen molar-refractivity contribution in [1.82, 2.24) is 14.5 Å². The molecule has 3 unspecified atom stereocenters. The van der Waals surface area contributed by atoms with Crippen LogP contribution in [0.5, 0.6) is 0 Å². The molecule has 1 aromatic rings. The van der Waals surface area contributed by atoms with Crippen LogP contribution in [-0.4, -0.2) is 33.1 Å². The van der Waals surface area contributed by atoms with Gasteiger partial charge in [0.2, 0.25) is 0 Å². The fourth-order valence-electron chi connectivity index (χ4n) is 7.42. The van der Waals surface area contributed by atoms with E-state index in [2.05, 4.69) is 119 Å². The molecule has 3 rings (SSSR count). The van der Waals surface area contributed by atoms with E-state index in [1.54, 1.807) is 5.57 Å². The normalized spacial score (nSPS) is 24.6. The molecule has 0 N–H and O–H groups in total. The van der Waals surface area contributed by atoms with E-state index in [4.69, 9.17) is 4.98 Å². The average molecular weight is 498 g/mol. The van der Waals surface area contributed by atoms with Gasteiger partial charge in [-0.2, -0.15) is 0 Å². The van der Waals surface area contributed by atoms with E-state index >= 15 is 0 Å². The maximum atomic E-state index is 4.98. The Labute approximate surface area is 224 Å². The van der Waals surface area contributed by atoms with Crippen molar-refractivity contribution in [3.63, 3.8) is 0 Å². The molecule has 0 amide bonds. The van der Waals surface area contributed by atoms with Crippen molar-refractivity contribution in [3.8, 4) is 0 Å². The average Bonchev–Trinajstić information content (AvgIpc) is 3.23. The highest BCUT2D eigenvalue weighted by Crippen LogP contribution is 2.50. The second-order valence-electron chi connectivity index (χ2n) is 16.2. The highest BCUT2D eigenvalue weighted by atomic mass is 15.2. The van der Waals surface area contributed by atoms with Crippen LogP contribution in [0.1, 0.15) is 128 Å². The van der Waals surface area contributed by atoms with Crippen LogP contribution in [0.3, 0.4) is 0 Å². The molecule has 0 saturated carbocycles. The van der Waals surface area contributed by atoms with E-state index in [1.165, 1.54) is 37.3 Å². The van der Waals surface area contributed by atoms with Gasteiger partial charge in [-0.3, -0.25) is 4.90 Å². The maximum absolute atomic E-state index is 4.98. The van der Waals surface area contributed by atoms with Gasteiger partial charge in [0.1, 0.15) is 5.82 Å². The zero-order valence-corrected chi connectivity index (χ0v) is 26.4. The first kappa shape index (κ1) is 29.5. The Balaban J connectivity index is 1.89. The lowest BCUT2D eigenvalue weighted by Crippen LogP contribution is -2.58. The third-order valence-electron chi connectivity index (χ3n) is 9.17.